The minimum atomic E-state index is -0.484. The van der Waals surface area contributed by atoms with Crippen molar-refractivity contribution in [3.05, 3.63) is 33.5 Å². The van der Waals surface area contributed by atoms with Crippen LogP contribution < -0.4 is 16.5 Å². The van der Waals surface area contributed by atoms with Gasteiger partial charge >= 0.3 is 5.76 Å². The SMILES string of the molecule is C=C(C)/C=c1/[nH]c(=O)oc1=C.CC. The van der Waals surface area contributed by atoms with Crippen LogP contribution in [0.2, 0.25) is 0 Å². The van der Waals surface area contributed by atoms with Crippen LogP contribution >= 0.6 is 0 Å². The molecule has 72 valence electrons. The van der Waals surface area contributed by atoms with E-state index in [-0.39, 0.29) is 0 Å². The second-order valence-electron chi connectivity index (χ2n) is 2.34. The van der Waals surface area contributed by atoms with Gasteiger partial charge < -0.3 is 4.42 Å². The van der Waals surface area contributed by atoms with E-state index in [1.54, 1.807) is 6.08 Å². The maximum absolute atomic E-state index is 10.6. The molecule has 0 radical (unpaired) electrons. The molecule has 13 heavy (non-hydrogen) atoms. The summed E-state index contributed by atoms with van der Waals surface area (Å²) in [5, 5.41) is 0.586. The molecule has 0 aliphatic heterocycles. The van der Waals surface area contributed by atoms with Gasteiger partial charge in [0.1, 0.15) is 5.42 Å². The number of aromatic nitrogens is 1. The number of aromatic amines is 1. The third-order valence-corrected chi connectivity index (χ3v) is 1.14. The van der Waals surface area contributed by atoms with E-state index in [1.807, 2.05) is 20.8 Å². The smallest absolute Gasteiger partial charge is 0.409 e. The molecule has 0 saturated heterocycles. The number of allylic oxidation sites excluding steroid dienone is 1. The van der Waals surface area contributed by atoms with Crippen molar-refractivity contribution in [1.82, 2.24) is 4.98 Å². The molecule has 0 aliphatic rings. The Labute approximate surface area is 77.1 Å². The molecular weight excluding hydrogens is 166 g/mol. The van der Waals surface area contributed by atoms with Gasteiger partial charge in [0, 0.05) is 0 Å². The maximum atomic E-state index is 10.6. The van der Waals surface area contributed by atoms with Crippen LogP contribution in [-0.4, -0.2) is 4.98 Å². The Morgan fingerprint density at radius 3 is 2.38 bits per heavy atom. The van der Waals surface area contributed by atoms with Crippen molar-refractivity contribution in [3.63, 3.8) is 0 Å². The van der Waals surface area contributed by atoms with Crippen LogP contribution in [-0.2, 0) is 0 Å². The molecule has 0 spiro atoms. The standard InChI is InChI=1S/C8H9NO2.C2H6/c1-5(2)4-7-6(3)11-8(10)9-7;1-2/h4H,1,3H2,2H3,(H,9,10);1-2H3/b7-4+;. The van der Waals surface area contributed by atoms with Crippen molar-refractivity contribution in [2.24, 2.45) is 0 Å². The van der Waals surface area contributed by atoms with Crippen LogP contribution in [0.4, 0.5) is 0 Å². The molecule has 1 N–H and O–H groups in total. The quantitative estimate of drug-likeness (QED) is 0.695. The fourth-order valence-corrected chi connectivity index (χ4v) is 0.735. The van der Waals surface area contributed by atoms with Crippen LogP contribution in [0, 0.1) is 0 Å². The summed E-state index contributed by atoms with van der Waals surface area (Å²) in [7, 11) is 0. The van der Waals surface area contributed by atoms with Crippen molar-refractivity contribution >= 4 is 12.7 Å². The predicted octanol–water partition coefficient (Wildman–Crippen LogP) is 0.761. The first kappa shape index (κ1) is 11.5. The van der Waals surface area contributed by atoms with Crippen LogP contribution in [0.3, 0.4) is 0 Å². The normalized spacial score (nSPS) is 10.5. The summed E-state index contributed by atoms with van der Waals surface area (Å²) in [6.45, 7) is 13.0. The number of nitrogens with one attached hydrogen (secondary N) is 1. The zero-order chi connectivity index (χ0) is 10.4. The molecule has 3 nitrogen and oxygen atoms in total. The Bertz CT molecular complexity index is 423. The van der Waals surface area contributed by atoms with Gasteiger partial charge in [-0.25, -0.2) is 4.79 Å². The van der Waals surface area contributed by atoms with Crippen LogP contribution in [0.25, 0.3) is 12.7 Å². The Hall–Kier alpha value is -1.51. The Balaban J connectivity index is 0.000000671. The van der Waals surface area contributed by atoms with Gasteiger partial charge in [0.05, 0.1) is 5.35 Å². The first-order valence-corrected chi connectivity index (χ1v) is 4.15. The van der Waals surface area contributed by atoms with Gasteiger partial charge in [-0.15, -0.1) is 0 Å². The topological polar surface area (TPSA) is 46.0 Å². The van der Waals surface area contributed by atoms with Gasteiger partial charge in [0.2, 0.25) is 0 Å². The molecule has 1 aromatic rings. The van der Waals surface area contributed by atoms with Crippen molar-refractivity contribution in [3.8, 4) is 0 Å². The highest BCUT2D eigenvalue weighted by Gasteiger charge is 1.89. The molecule has 1 heterocycles. The first-order chi connectivity index (χ1) is 6.09. The first-order valence-electron chi connectivity index (χ1n) is 4.15. The molecule has 0 unspecified atom stereocenters. The van der Waals surface area contributed by atoms with Gasteiger partial charge in [-0.3, -0.25) is 4.98 Å². The van der Waals surface area contributed by atoms with Crippen molar-refractivity contribution in [2.45, 2.75) is 20.8 Å². The summed E-state index contributed by atoms with van der Waals surface area (Å²) in [4.78, 5) is 13.1. The molecule has 1 aromatic heterocycles. The number of hydrogen-bond donors (Lipinski definition) is 1. The second kappa shape index (κ2) is 5.19. The molecule has 0 bridgehead atoms. The summed E-state index contributed by atoms with van der Waals surface area (Å²) in [6.07, 6.45) is 1.70. The van der Waals surface area contributed by atoms with E-state index < -0.39 is 5.76 Å². The maximum Gasteiger partial charge on any atom is 0.417 e. The van der Waals surface area contributed by atoms with E-state index >= 15 is 0 Å². The van der Waals surface area contributed by atoms with E-state index in [2.05, 4.69) is 22.6 Å². The highest BCUT2D eigenvalue weighted by Crippen LogP contribution is 1.83. The zero-order valence-electron chi connectivity index (χ0n) is 8.31. The van der Waals surface area contributed by atoms with Gasteiger partial charge in [0.25, 0.3) is 0 Å². The lowest BCUT2D eigenvalue weighted by Crippen LogP contribution is -2.20. The molecule has 0 amide bonds. The third kappa shape index (κ3) is 3.60. The Morgan fingerprint density at radius 2 is 2.08 bits per heavy atom. The average Bonchev–Trinajstić information content (AvgIpc) is 2.33. The van der Waals surface area contributed by atoms with E-state index in [0.29, 0.717) is 10.8 Å². The van der Waals surface area contributed by atoms with Gasteiger partial charge in [-0.05, 0) is 13.0 Å². The lowest BCUT2D eigenvalue weighted by atomic mass is 10.3. The number of oxazole rings is 1. The fourth-order valence-electron chi connectivity index (χ4n) is 0.735. The van der Waals surface area contributed by atoms with Gasteiger partial charge in [-0.1, -0.05) is 32.6 Å². The van der Waals surface area contributed by atoms with Crippen molar-refractivity contribution in [2.75, 3.05) is 0 Å². The van der Waals surface area contributed by atoms with Crippen LogP contribution in [0.1, 0.15) is 20.8 Å². The number of H-pyrrole nitrogens is 1. The Kier molecular flexibility index (Phi) is 4.59. The third-order valence-electron chi connectivity index (χ3n) is 1.14. The van der Waals surface area contributed by atoms with Crippen molar-refractivity contribution in [1.29, 1.82) is 0 Å². The molecule has 0 fully saturated rings. The molecule has 3 heteroatoms. The summed E-state index contributed by atoms with van der Waals surface area (Å²) in [6, 6.07) is 0. The molecule has 0 saturated carbocycles. The highest BCUT2D eigenvalue weighted by molar-refractivity contribution is 5.40. The van der Waals surface area contributed by atoms with E-state index in [4.69, 9.17) is 0 Å². The lowest BCUT2D eigenvalue weighted by Gasteiger charge is -1.79. The number of rotatable bonds is 1. The summed E-state index contributed by atoms with van der Waals surface area (Å²) >= 11 is 0. The molecule has 1 rings (SSSR count). The van der Waals surface area contributed by atoms with E-state index in [0.717, 1.165) is 5.57 Å². The average molecular weight is 181 g/mol. The number of hydrogen-bond acceptors (Lipinski definition) is 2. The molecular formula is C10H15NO2. The summed E-state index contributed by atoms with van der Waals surface area (Å²) in [5.74, 6) is -0.484. The fraction of sp³-hybridized carbons (Fsp3) is 0.300. The summed E-state index contributed by atoms with van der Waals surface area (Å²) < 4.78 is 4.62. The van der Waals surface area contributed by atoms with E-state index in [9.17, 15) is 4.79 Å². The van der Waals surface area contributed by atoms with Crippen LogP contribution in [0.5, 0.6) is 0 Å². The predicted molar refractivity (Wildman–Crippen MR) is 54.7 cm³/mol. The largest absolute Gasteiger partial charge is 0.417 e. The molecule has 0 aromatic carbocycles. The minimum Gasteiger partial charge on any atom is -0.409 e. The molecule has 0 aliphatic carbocycles. The van der Waals surface area contributed by atoms with Gasteiger partial charge in [0.15, 0.2) is 0 Å². The monoisotopic (exact) mass is 181 g/mol. The van der Waals surface area contributed by atoms with Gasteiger partial charge in [-0.2, -0.15) is 0 Å². The van der Waals surface area contributed by atoms with Crippen LogP contribution in [0.15, 0.2) is 21.4 Å². The second-order valence-corrected chi connectivity index (χ2v) is 2.34. The minimum absolute atomic E-state index is 0.345. The zero-order valence-corrected chi connectivity index (χ0v) is 8.31. The van der Waals surface area contributed by atoms with E-state index in [1.165, 1.54) is 0 Å². The summed E-state index contributed by atoms with van der Waals surface area (Å²) in [5.41, 5.74) is 1.19. The highest BCUT2D eigenvalue weighted by atomic mass is 16.4. The lowest BCUT2D eigenvalue weighted by molar-refractivity contribution is 0.487. The Morgan fingerprint density at radius 1 is 1.54 bits per heavy atom. The van der Waals surface area contributed by atoms with Crippen molar-refractivity contribution < 1.29 is 4.42 Å². The molecule has 0 atom stereocenters.